The second kappa shape index (κ2) is 7.02. The van der Waals surface area contributed by atoms with E-state index in [4.69, 9.17) is 9.84 Å². The van der Waals surface area contributed by atoms with Gasteiger partial charge in [-0.25, -0.2) is 4.79 Å². The van der Waals surface area contributed by atoms with Crippen LogP contribution in [0.1, 0.15) is 16.8 Å². The molecule has 0 radical (unpaired) electrons. The Labute approximate surface area is 117 Å². The summed E-state index contributed by atoms with van der Waals surface area (Å²) in [5, 5.41) is 14.8. The minimum Gasteiger partial charge on any atom is -0.478 e. The maximum atomic E-state index is 11.9. The van der Waals surface area contributed by atoms with Gasteiger partial charge in [0.15, 0.2) is 0 Å². The Morgan fingerprint density at radius 2 is 2.30 bits per heavy atom. The zero-order chi connectivity index (χ0) is 14.4. The van der Waals surface area contributed by atoms with Crippen molar-refractivity contribution in [3.05, 3.63) is 29.8 Å². The van der Waals surface area contributed by atoms with Gasteiger partial charge in [-0.2, -0.15) is 0 Å². The lowest BCUT2D eigenvalue weighted by Crippen LogP contribution is -2.26. The first-order valence-corrected chi connectivity index (χ1v) is 6.57. The van der Waals surface area contributed by atoms with Crippen molar-refractivity contribution in [1.82, 2.24) is 5.32 Å². The highest BCUT2D eigenvalue weighted by Crippen LogP contribution is 2.13. The molecule has 6 nitrogen and oxygen atoms in total. The largest absolute Gasteiger partial charge is 0.478 e. The summed E-state index contributed by atoms with van der Waals surface area (Å²) in [7, 11) is 0. The molecule has 1 heterocycles. The molecule has 1 amide bonds. The maximum absolute atomic E-state index is 11.9. The van der Waals surface area contributed by atoms with Gasteiger partial charge >= 0.3 is 5.97 Å². The predicted octanol–water partition coefficient (Wildman–Crippen LogP) is 0.949. The zero-order valence-corrected chi connectivity index (χ0v) is 11.1. The lowest BCUT2D eigenvalue weighted by atomic mass is 10.1. The van der Waals surface area contributed by atoms with Crippen molar-refractivity contribution in [2.75, 3.05) is 31.6 Å². The van der Waals surface area contributed by atoms with E-state index >= 15 is 0 Å². The van der Waals surface area contributed by atoms with Gasteiger partial charge in [0.1, 0.15) is 0 Å². The molecule has 0 aromatic heterocycles. The fourth-order valence-electron chi connectivity index (χ4n) is 2.09. The summed E-state index contributed by atoms with van der Waals surface area (Å²) in [5.41, 5.74) is 0.652. The molecule has 20 heavy (non-hydrogen) atoms. The third-order valence-electron chi connectivity index (χ3n) is 3.08. The van der Waals surface area contributed by atoms with Crippen LogP contribution in [0.25, 0.3) is 0 Å². The van der Waals surface area contributed by atoms with Crippen LogP contribution in [0, 0.1) is 5.92 Å². The van der Waals surface area contributed by atoms with E-state index < -0.39 is 5.97 Å². The molecule has 0 bridgehead atoms. The molecule has 1 fully saturated rings. The van der Waals surface area contributed by atoms with Crippen molar-refractivity contribution < 1.29 is 19.4 Å². The van der Waals surface area contributed by atoms with Crippen molar-refractivity contribution in [1.29, 1.82) is 0 Å². The summed E-state index contributed by atoms with van der Waals surface area (Å²) in [5.74, 6) is -1.01. The van der Waals surface area contributed by atoms with Gasteiger partial charge in [-0.05, 0) is 18.2 Å². The van der Waals surface area contributed by atoms with Crippen LogP contribution in [-0.4, -0.2) is 43.3 Å². The van der Waals surface area contributed by atoms with E-state index in [1.165, 1.54) is 12.1 Å². The lowest BCUT2D eigenvalue weighted by molar-refractivity contribution is -0.117. The Balaban J connectivity index is 1.90. The molecule has 2 rings (SSSR count). The minimum absolute atomic E-state index is 0.134. The molecular weight excluding hydrogens is 260 g/mol. The Morgan fingerprint density at radius 1 is 1.45 bits per heavy atom. The number of rotatable bonds is 4. The molecular formula is C14H18N2O4. The average Bonchev–Trinajstić information content (AvgIpc) is 2.67. The molecule has 1 aliphatic heterocycles. The second-order valence-corrected chi connectivity index (χ2v) is 4.78. The van der Waals surface area contributed by atoms with Crippen molar-refractivity contribution in [2.45, 2.75) is 6.42 Å². The highest BCUT2D eigenvalue weighted by molar-refractivity contribution is 5.93. The Morgan fingerprint density at radius 3 is 3.10 bits per heavy atom. The van der Waals surface area contributed by atoms with E-state index in [1.807, 2.05) is 0 Å². The van der Waals surface area contributed by atoms with Crippen molar-refractivity contribution in [2.24, 2.45) is 5.92 Å². The van der Waals surface area contributed by atoms with E-state index in [9.17, 15) is 9.59 Å². The quantitative estimate of drug-likeness (QED) is 0.763. The Hall–Kier alpha value is -1.92. The van der Waals surface area contributed by atoms with E-state index in [0.717, 1.165) is 13.1 Å². The van der Waals surface area contributed by atoms with Gasteiger partial charge < -0.3 is 20.5 Å². The molecule has 1 atom stereocenters. The highest BCUT2D eigenvalue weighted by Gasteiger charge is 2.16. The summed E-state index contributed by atoms with van der Waals surface area (Å²) in [6, 6.07) is 6.21. The number of nitrogens with one attached hydrogen (secondary N) is 2. The molecule has 1 saturated heterocycles. The minimum atomic E-state index is -1.01. The Kier molecular flexibility index (Phi) is 5.09. The van der Waals surface area contributed by atoms with Crippen LogP contribution < -0.4 is 10.6 Å². The first-order chi connectivity index (χ1) is 9.65. The van der Waals surface area contributed by atoms with Gasteiger partial charge in [0.25, 0.3) is 0 Å². The van der Waals surface area contributed by atoms with Crippen LogP contribution in [0.2, 0.25) is 0 Å². The summed E-state index contributed by atoms with van der Waals surface area (Å²) in [4.78, 5) is 22.8. The number of amides is 1. The van der Waals surface area contributed by atoms with Crippen molar-refractivity contribution >= 4 is 17.6 Å². The number of ether oxygens (including phenoxy) is 1. The Bertz CT molecular complexity index is 482. The number of anilines is 1. The van der Waals surface area contributed by atoms with Crippen LogP contribution in [0.3, 0.4) is 0 Å². The lowest BCUT2D eigenvalue weighted by Gasteiger charge is -2.13. The van der Waals surface area contributed by atoms with Crippen LogP contribution in [-0.2, 0) is 9.53 Å². The van der Waals surface area contributed by atoms with E-state index in [1.54, 1.807) is 12.1 Å². The third kappa shape index (κ3) is 4.32. The van der Waals surface area contributed by atoms with Crippen molar-refractivity contribution in [3.8, 4) is 0 Å². The molecule has 0 spiro atoms. The first kappa shape index (κ1) is 14.5. The molecule has 0 saturated carbocycles. The van der Waals surface area contributed by atoms with Gasteiger partial charge in [0.05, 0.1) is 18.8 Å². The zero-order valence-electron chi connectivity index (χ0n) is 11.1. The maximum Gasteiger partial charge on any atom is 0.335 e. The van der Waals surface area contributed by atoms with E-state index in [-0.39, 0.29) is 17.4 Å². The smallest absolute Gasteiger partial charge is 0.335 e. The number of hydrogen-bond acceptors (Lipinski definition) is 4. The molecule has 6 heteroatoms. The van der Waals surface area contributed by atoms with Crippen LogP contribution in [0.5, 0.6) is 0 Å². The van der Waals surface area contributed by atoms with Gasteiger partial charge in [-0.15, -0.1) is 0 Å². The number of hydrogen-bond donors (Lipinski definition) is 3. The fraction of sp³-hybridized carbons (Fsp3) is 0.429. The second-order valence-electron chi connectivity index (χ2n) is 4.78. The third-order valence-corrected chi connectivity index (χ3v) is 3.08. The SMILES string of the molecule is O=C(CC1CNCCOC1)Nc1cccc(C(=O)O)c1. The molecule has 1 aromatic carbocycles. The molecule has 108 valence electrons. The monoisotopic (exact) mass is 278 g/mol. The average molecular weight is 278 g/mol. The van der Waals surface area contributed by atoms with Gasteiger partial charge in [-0.1, -0.05) is 6.07 Å². The molecule has 1 aliphatic rings. The topological polar surface area (TPSA) is 87.7 Å². The molecule has 1 aromatic rings. The molecule has 1 unspecified atom stereocenters. The molecule has 0 aliphatic carbocycles. The summed E-state index contributed by atoms with van der Waals surface area (Å²) in [6.07, 6.45) is 0.351. The highest BCUT2D eigenvalue weighted by atomic mass is 16.5. The number of carboxylic acid groups (broad SMARTS) is 1. The first-order valence-electron chi connectivity index (χ1n) is 6.57. The van der Waals surface area contributed by atoms with E-state index in [0.29, 0.717) is 25.3 Å². The normalized spacial score (nSPS) is 19.1. The fourth-order valence-corrected chi connectivity index (χ4v) is 2.09. The number of benzene rings is 1. The van der Waals surface area contributed by atoms with Gasteiger partial charge in [0.2, 0.25) is 5.91 Å². The number of carboxylic acids is 1. The van der Waals surface area contributed by atoms with E-state index in [2.05, 4.69) is 10.6 Å². The number of aromatic carboxylic acids is 1. The summed E-state index contributed by atoms with van der Waals surface area (Å²) in [6.45, 7) is 2.79. The van der Waals surface area contributed by atoms with Crippen LogP contribution in [0.15, 0.2) is 24.3 Å². The molecule has 3 N–H and O–H groups in total. The number of carbonyl (C=O) groups excluding carboxylic acids is 1. The standard InChI is InChI=1S/C14H18N2O4/c17-13(6-10-8-15-4-5-20-9-10)16-12-3-1-2-11(7-12)14(18)19/h1-3,7,10,15H,4-6,8-9H2,(H,16,17)(H,18,19). The van der Waals surface area contributed by atoms with Crippen molar-refractivity contribution in [3.63, 3.8) is 0 Å². The van der Waals surface area contributed by atoms with Gasteiger partial charge in [-0.3, -0.25) is 4.79 Å². The van der Waals surface area contributed by atoms with Crippen LogP contribution in [0.4, 0.5) is 5.69 Å². The van der Waals surface area contributed by atoms with Crippen LogP contribution >= 0.6 is 0 Å². The summed E-state index contributed by atoms with van der Waals surface area (Å²) >= 11 is 0. The summed E-state index contributed by atoms with van der Waals surface area (Å²) < 4.78 is 5.39. The predicted molar refractivity (Wildman–Crippen MR) is 73.8 cm³/mol. The van der Waals surface area contributed by atoms with Gasteiger partial charge in [0, 0.05) is 31.1 Å². The number of carbonyl (C=O) groups is 2.